The molecule has 0 aromatic carbocycles. The van der Waals surface area contributed by atoms with E-state index in [0.29, 0.717) is 18.1 Å². The summed E-state index contributed by atoms with van der Waals surface area (Å²) in [5.41, 5.74) is -0.358. The van der Waals surface area contributed by atoms with E-state index in [1.807, 2.05) is 0 Å². The number of rotatable bonds is 3. The Balaban J connectivity index is 2.07. The smallest absolute Gasteiger partial charge is 0.153 e. The molecule has 0 aromatic rings. The fourth-order valence-corrected chi connectivity index (χ4v) is 4.88. The van der Waals surface area contributed by atoms with Crippen LogP contribution in [-0.4, -0.2) is 37.5 Å². The average Bonchev–Trinajstić information content (AvgIpc) is 2.76. The normalized spacial score (nSPS) is 39.7. The molecule has 0 bridgehead atoms. The van der Waals surface area contributed by atoms with Crippen LogP contribution in [0.3, 0.4) is 0 Å². The van der Waals surface area contributed by atoms with Gasteiger partial charge < -0.3 is 4.74 Å². The van der Waals surface area contributed by atoms with Crippen LogP contribution in [0.15, 0.2) is 0 Å². The number of alkyl halides is 1. The summed E-state index contributed by atoms with van der Waals surface area (Å²) in [6.07, 6.45) is 4.08. The quantitative estimate of drug-likeness (QED) is 0.719. The fraction of sp³-hybridized carbons (Fsp3) is 1.00. The lowest BCUT2D eigenvalue weighted by atomic mass is 9.95. The van der Waals surface area contributed by atoms with Gasteiger partial charge in [-0.15, -0.1) is 11.6 Å². The summed E-state index contributed by atoms with van der Waals surface area (Å²) in [6.45, 7) is 0.722. The molecule has 0 spiro atoms. The number of hydrogen-bond donors (Lipinski definition) is 0. The Hall–Kier alpha value is 0.200. The van der Waals surface area contributed by atoms with E-state index in [2.05, 4.69) is 0 Å². The Bertz CT molecular complexity index is 320. The van der Waals surface area contributed by atoms with Gasteiger partial charge in [0, 0.05) is 6.61 Å². The maximum Gasteiger partial charge on any atom is 0.153 e. The monoisotopic (exact) mass is 252 g/mol. The first-order valence-electron chi connectivity index (χ1n) is 5.49. The van der Waals surface area contributed by atoms with Crippen LogP contribution in [0.5, 0.6) is 0 Å². The molecule has 2 unspecified atom stereocenters. The van der Waals surface area contributed by atoms with Gasteiger partial charge in [0.25, 0.3) is 0 Å². The number of ether oxygens (including phenoxy) is 1. The van der Waals surface area contributed by atoms with Crippen molar-refractivity contribution in [1.29, 1.82) is 0 Å². The van der Waals surface area contributed by atoms with Crippen molar-refractivity contribution in [3.05, 3.63) is 0 Å². The van der Waals surface area contributed by atoms with E-state index in [0.717, 1.165) is 32.3 Å². The molecule has 2 rings (SSSR count). The van der Waals surface area contributed by atoms with E-state index in [1.54, 1.807) is 0 Å². The fourth-order valence-electron chi connectivity index (χ4n) is 2.58. The van der Waals surface area contributed by atoms with Crippen LogP contribution in [0.2, 0.25) is 0 Å². The Morgan fingerprint density at radius 3 is 2.67 bits per heavy atom. The summed E-state index contributed by atoms with van der Waals surface area (Å²) in [5.74, 6) is 0.759. The first kappa shape index (κ1) is 11.7. The van der Waals surface area contributed by atoms with Crippen molar-refractivity contribution < 1.29 is 13.2 Å². The molecule has 2 atom stereocenters. The van der Waals surface area contributed by atoms with E-state index >= 15 is 0 Å². The van der Waals surface area contributed by atoms with E-state index < -0.39 is 9.84 Å². The first-order chi connectivity index (χ1) is 7.08. The highest BCUT2D eigenvalue weighted by molar-refractivity contribution is 7.92. The molecule has 0 saturated carbocycles. The van der Waals surface area contributed by atoms with Crippen LogP contribution >= 0.6 is 11.6 Å². The third kappa shape index (κ3) is 2.32. The second kappa shape index (κ2) is 4.22. The Morgan fingerprint density at radius 2 is 2.20 bits per heavy atom. The molecule has 0 radical (unpaired) electrons. The molecule has 2 aliphatic heterocycles. The molecule has 0 amide bonds. The molecule has 3 nitrogen and oxygen atoms in total. The molecule has 2 heterocycles. The van der Waals surface area contributed by atoms with Crippen molar-refractivity contribution in [2.75, 3.05) is 18.2 Å². The molecule has 2 fully saturated rings. The van der Waals surface area contributed by atoms with Gasteiger partial charge >= 0.3 is 0 Å². The number of sulfone groups is 1. The third-order valence-electron chi connectivity index (χ3n) is 3.49. The van der Waals surface area contributed by atoms with Gasteiger partial charge in [-0.3, -0.25) is 0 Å². The van der Waals surface area contributed by atoms with Crippen molar-refractivity contribution in [3.8, 4) is 0 Å². The lowest BCUT2D eigenvalue weighted by molar-refractivity contribution is 0.0156. The maximum atomic E-state index is 11.7. The van der Waals surface area contributed by atoms with Gasteiger partial charge in [0.1, 0.15) is 0 Å². The van der Waals surface area contributed by atoms with Gasteiger partial charge in [0.2, 0.25) is 0 Å². The SMILES string of the molecule is O=S1(=O)CCCC1CC1(CCl)CCCO1. The molecule has 0 N–H and O–H groups in total. The van der Waals surface area contributed by atoms with Crippen LogP contribution in [-0.2, 0) is 14.6 Å². The summed E-state index contributed by atoms with van der Waals surface area (Å²) in [7, 11) is -2.86. The molecular weight excluding hydrogens is 236 g/mol. The standard InChI is InChI=1S/C10H17ClO3S/c11-8-10(4-2-5-14-10)7-9-3-1-6-15(9,12)13/h9H,1-8H2. The predicted octanol–water partition coefficient (Wildman–Crippen LogP) is 1.74. The van der Waals surface area contributed by atoms with E-state index in [1.165, 1.54) is 0 Å². The highest BCUT2D eigenvalue weighted by Crippen LogP contribution is 2.36. The average molecular weight is 253 g/mol. The van der Waals surface area contributed by atoms with Crippen molar-refractivity contribution in [3.63, 3.8) is 0 Å². The van der Waals surface area contributed by atoms with Gasteiger partial charge in [0.15, 0.2) is 9.84 Å². The van der Waals surface area contributed by atoms with E-state index in [9.17, 15) is 8.42 Å². The highest BCUT2D eigenvalue weighted by atomic mass is 35.5. The summed E-state index contributed by atoms with van der Waals surface area (Å²) in [4.78, 5) is 0. The molecule has 88 valence electrons. The zero-order valence-corrected chi connectivity index (χ0v) is 10.3. The summed E-state index contributed by atoms with van der Waals surface area (Å²) >= 11 is 5.92. The summed E-state index contributed by atoms with van der Waals surface area (Å²) in [6, 6.07) is 0. The Labute approximate surface area is 96.1 Å². The molecule has 2 aliphatic rings. The van der Waals surface area contributed by atoms with Crippen LogP contribution in [0.25, 0.3) is 0 Å². The molecule has 0 aliphatic carbocycles. The van der Waals surface area contributed by atoms with Gasteiger partial charge in [-0.1, -0.05) is 0 Å². The second-order valence-electron chi connectivity index (χ2n) is 4.60. The van der Waals surface area contributed by atoms with Crippen LogP contribution in [0.4, 0.5) is 0 Å². The molecule has 0 aromatic heterocycles. The minimum atomic E-state index is -2.86. The van der Waals surface area contributed by atoms with E-state index in [-0.39, 0.29) is 10.9 Å². The summed E-state index contributed by atoms with van der Waals surface area (Å²) < 4.78 is 29.1. The molecular formula is C10H17ClO3S. The van der Waals surface area contributed by atoms with Crippen LogP contribution in [0.1, 0.15) is 32.1 Å². The summed E-state index contributed by atoms with van der Waals surface area (Å²) in [5, 5.41) is -0.214. The predicted molar refractivity (Wildman–Crippen MR) is 60.1 cm³/mol. The largest absolute Gasteiger partial charge is 0.374 e. The first-order valence-corrected chi connectivity index (χ1v) is 7.74. The topological polar surface area (TPSA) is 43.4 Å². The van der Waals surface area contributed by atoms with Crippen molar-refractivity contribution in [1.82, 2.24) is 0 Å². The number of halogens is 1. The van der Waals surface area contributed by atoms with Gasteiger partial charge in [0.05, 0.1) is 22.5 Å². The van der Waals surface area contributed by atoms with E-state index in [4.69, 9.17) is 16.3 Å². The minimum absolute atomic E-state index is 0.214. The zero-order chi connectivity index (χ0) is 10.9. The van der Waals surface area contributed by atoms with Crippen molar-refractivity contribution >= 4 is 21.4 Å². The Kier molecular flexibility index (Phi) is 3.29. The van der Waals surface area contributed by atoms with Gasteiger partial charge in [-0.05, 0) is 32.1 Å². The molecule has 15 heavy (non-hydrogen) atoms. The van der Waals surface area contributed by atoms with Gasteiger partial charge in [-0.25, -0.2) is 8.42 Å². The highest BCUT2D eigenvalue weighted by Gasteiger charge is 2.42. The lowest BCUT2D eigenvalue weighted by Crippen LogP contribution is -2.36. The zero-order valence-electron chi connectivity index (χ0n) is 8.75. The molecule has 5 heteroatoms. The number of hydrogen-bond acceptors (Lipinski definition) is 3. The van der Waals surface area contributed by atoms with Crippen molar-refractivity contribution in [2.24, 2.45) is 0 Å². The Morgan fingerprint density at radius 1 is 1.40 bits per heavy atom. The van der Waals surface area contributed by atoms with Crippen LogP contribution in [0, 0.1) is 0 Å². The van der Waals surface area contributed by atoms with Gasteiger partial charge in [-0.2, -0.15) is 0 Å². The maximum absolute atomic E-state index is 11.7. The van der Waals surface area contributed by atoms with Crippen LogP contribution < -0.4 is 0 Å². The van der Waals surface area contributed by atoms with Crippen molar-refractivity contribution in [2.45, 2.75) is 43.0 Å². The minimum Gasteiger partial charge on any atom is -0.374 e. The lowest BCUT2D eigenvalue weighted by Gasteiger charge is -2.28. The molecule has 2 saturated heterocycles. The second-order valence-corrected chi connectivity index (χ2v) is 7.27. The third-order valence-corrected chi connectivity index (χ3v) is 6.25.